The number of allylic oxidation sites excluding steroid dienone is 2. The molecule has 0 aromatic heterocycles. The van der Waals surface area contributed by atoms with Crippen LogP contribution >= 0.6 is 0 Å². The molecular weight excluding hydrogens is 580 g/mol. The van der Waals surface area contributed by atoms with Gasteiger partial charge in [0.15, 0.2) is 9.84 Å². The molecule has 2 N–H and O–H groups in total. The molecule has 7 heteroatoms. The molecule has 1 saturated heterocycles. The molecule has 7 rings (SSSR count). The number of hydrogen-bond donors (Lipinski definition) is 2. The van der Waals surface area contributed by atoms with E-state index in [1.807, 2.05) is 12.1 Å². The van der Waals surface area contributed by atoms with Gasteiger partial charge in [-0.05, 0) is 127 Å². The van der Waals surface area contributed by atoms with Crippen LogP contribution in [-0.4, -0.2) is 67.6 Å². The average Bonchev–Trinajstić information content (AvgIpc) is 3.42. The van der Waals surface area contributed by atoms with Gasteiger partial charge in [-0.1, -0.05) is 52.3 Å². The van der Waals surface area contributed by atoms with Gasteiger partial charge in [0.2, 0.25) is 0 Å². The lowest BCUT2D eigenvalue weighted by atomic mass is 9.37. The topological polar surface area (TPSA) is 86.7 Å². The molecule has 5 aliphatic carbocycles. The Labute approximate surface area is 271 Å². The van der Waals surface area contributed by atoms with Crippen LogP contribution in [0.2, 0.25) is 0 Å². The largest absolute Gasteiger partial charge is 0.478 e. The molecule has 1 heterocycles. The van der Waals surface area contributed by atoms with Crippen molar-refractivity contribution in [3.05, 3.63) is 41.5 Å². The number of benzene rings is 1. The number of nitrogens with zero attached hydrogens (tertiary/aromatic N) is 1. The van der Waals surface area contributed by atoms with E-state index >= 15 is 0 Å². The average molecular weight is 637 g/mol. The summed E-state index contributed by atoms with van der Waals surface area (Å²) in [5.41, 5.74) is 3.97. The number of rotatable bonds is 6. The van der Waals surface area contributed by atoms with Crippen LogP contribution in [0.3, 0.4) is 0 Å². The predicted octanol–water partition coefficient (Wildman–Crippen LogP) is 6.92. The molecule has 0 amide bonds. The summed E-state index contributed by atoms with van der Waals surface area (Å²) in [6.07, 6.45) is 15.7. The molecule has 0 radical (unpaired) electrons. The summed E-state index contributed by atoms with van der Waals surface area (Å²) in [6.45, 7) is 13.6. The van der Waals surface area contributed by atoms with Gasteiger partial charge in [-0.3, -0.25) is 0 Å². The number of carboxylic acids is 1. The highest BCUT2D eigenvalue weighted by atomic mass is 32.2. The van der Waals surface area contributed by atoms with E-state index in [1.54, 1.807) is 12.1 Å². The van der Waals surface area contributed by atoms with E-state index in [0.29, 0.717) is 41.5 Å². The van der Waals surface area contributed by atoms with Crippen molar-refractivity contribution in [2.75, 3.05) is 37.7 Å². The highest BCUT2D eigenvalue weighted by Crippen LogP contribution is 2.72. The van der Waals surface area contributed by atoms with E-state index in [1.165, 1.54) is 68.9 Å². The summed E-state index contributed by atoms with van der Waals surface area (Å²) in [5, 5.41) is 13.6. The van der Waals surface area contributed by atoms with Gasteiger partial charge < -0.3 is 15.3 Å². The Morgan fingerprint density at radius 3 is 2.33 bits per heavy atom. The van der Waals surface area contributed by atoms with Crippen LogP contribution in [0.25, 0.3) is 5.57 Å². The fraction of sp³-hybridized carbons (Fsp3) is 0.763. The van der Waals surface area contributed by atoms with Crippen molar-refractivity contribution in [3.8, 4) is 0 Å². The lowest BCUT2D eigenvalue weighted by Gasteiger charge is -2.68. The van der Waals surface area contributed by atoms with Gasteiger partial charge in [-0.15, -0.1) is 0 Å². The highest BCUT2D eigenvalue weighted by molar-refractivity contribution is 7.91. The third-order valence-electron chi connectivity index (χ3n) is 14.9. The minimum absolute atomic E-state index is 0.0472. The Bertz CT molecular complexity index is 1440. The van der Waals surface area contributed by atoms with Gasteiger partial charge in [-0.2, -0.15) is 0 Å². The van der Waals surface area contributed by atoms with Crippen LogP contribution in [-0.2, 0) is 9.84 Å². The summed E-state index contributed by atoms with van der Waals surface area (Å²) < 4.78 is 23.8. The van der Waals surface area contributed by atoms with Crippen LogP contribution in [0.1, 0.15) is 108 Å². The van der Waals surface area contributed by atoms with E-state index in [4.69, 9.17) is 0 Å². The van der Waals surface area contributed by atoms with Gasteiger partial charge >= 0.3 is 5.97 Å². The van der Waals surface area contributed by atoms with Gasteiger partial charge in [-0.25, -0.2) is 13.2 Å². The number of hydrogen-bond acceptors (Lipinski definition) is 5. The summed E-state index contributed by atoms with van der Waals surface area (Å²) in [4.78, 5) is 13.8. The smallest absolute Gasteiger partial charge is 0.335 e. The molecule has 0 bridgehead atoms. The molecule has 6 nitrogen and oxygen atoms in total. The first kappa shape index (κ1) is 31.9. The Balaban J connectivity index is 1.07. The number of nitrogens with one attached hydrogen (secondary N) is 1. The van der Waals surface area contributed by atoms with E-state index in [-0.39, 0.29) is 16.4 Å². The van der Waals surface area contributed by atoms with Crippen molar-refractivity contribution in [1.29, 1.82) is 0 Å². The molecule has 5 fully saturated rings. The molecular formula is C38H56N2O4S. The van der Waals surface area contributed by atoms with Crippen molar-refractivity contribution >= 4 is 21.4 Å². The number of sulfone groups is 1. The fourth-order valence-corrected chi connectivity index (χ4v) is 14.1. The van der Waals surface area contributed by atoms with E-state index in [9.17, 15) is 18.3 Å². The monoisotopic (exact) mass is 636 g/mol. The maximum absolute atomic E-state index is 11.9. The minimum Gasteiger partial charge on any atom is -0.478 e. The molecule has 1 aromatic carbocycles. The molecule has 1 aliphatic heterocycles. The molecule has 0 spiro atoms. The van der Waals surface area contributed by atoms with Gasteiger partial charge in [0.1, 0.15) is 0 Å². The first-order chi connectivity index (χ1) is 21.3. The normalized spacial score (nSPS) is 42.0. The quantitative estimate of drug-likeness (QED) is 0.353. The van der Waals surface area contributed by atoms with E-state index in [0.717, 1.165) is 43.2 Å². The van der Waals surface area contributed by atoms with Crippen LogP contribution in [0.5, 0.6) is 0 Å². The van der Waals surface area contributed by atoms with Crippen molar-refractivity contribution in [2.24, 2.45) is 45.8 Å². The predicted molar refractivity (Wildman–Crippen MR) is 181 cm³/mol. The lowest BCUT2D eigenvalue weighted by molar-refractivity contribution is -0.172. The van der Waals surface area contributed by atoms with Crippen LogP contribution in [0.15, 0.2) is 30.3 Å². The van der Waals surface area contributed by atoms with Crippen LogP contribution in [0, 0.1) is 45.8 Å². The van der Waals surface area contributed by atoms with Crippen molar-refractivity contribution in [3.63, 3.8) is 0 Å². The highest BCUT2D eigenvalue weighted by Gasteiger charge is 2.65. The molecule has 4 saturated carbocycles. The Morgan fingerprint density at radius 2 is 1.62 bits per heavy atom. The Morgan fingerprint density at radius 1 is 0.889 bits per heavy atom. The molecule has 248 valence electrons. The molecule has 8 atom stereocenters. The molecule has 8 unspecified atom stereocenters. The maximum atomic E-state index is 11.9. The summed E-state index contributed by atoms with van der Waals surface area (Å²) in [5.74, 6) is 3.56. The van der Waals surface area contributed by atoms with Gasteiger partial charge in [0.25, 0.3) is 0 Å². The molecule has 45 heavy (non-hydrogen) atoms. The Hall–Kier alpha value is -1.70. The number of carboxylic acid groups (broad SMARTS) is 1. The van der Waals surface area contributed by atoms with Crippen LogP contribution < -0.4 is 5.32 Å². The summed E-state index contributed by atoms with van der Waals surface area (Å²) in [7, 11) is -2.83. The standard InChI is InChI=1S/C38H56N2O4S/c1-35(2)29(26-7-9-27(10-8-26)34(41)42)13-17-37(4)32(35)15-18-36(3)30-14-19-38(16-5-6-31(38)28(30)11-12-33(36)37)39-20-21-40-22-24-45(43,44)25-23-40/h7-10,13,28,30-33,39H,5-6,11-12,14-25H2,1-4H3,(H,41,42). The first-order valence-corrected chi connectivity index (χ1v) is 19.8. The fourth-order valence-electron chi connectivity index (χ4n) is 12.8. The zero-order valence-electron chi connectivity index (χ0n) is 28.1. The number of fused-ring (bicyclic) bond motifs is 7. The number of carbonyl (C=O) groups is 1. The molecule has 1 aromatic rings. The van der Waals surface area contributed by atoms with Crippen molar-refractivity contribution in [1.82, 2.24) is 10.2 Å². The minimum atomic E-state index is -2.83. The third-order valence-corrected chi connectivity index (χ3v) is 16.5. The van der Waals surface area contributed by atoms with Crippen LogP contribution in [0.4, 0.5) is 0 Å². The second kappa shape index (κ2) is 11.2. The van der Waals surface area contributed by atoms with E-state index in [2.05, 4.69) is 44.0 Å². The first-order valence-electron chi connectivity index (χ1n) is 18.0. The van der Waals surface area contributed by atoms with Crippen molar-refractivity contribution < 1.29 is 18.3 Å². The summed E-state index contributed by atoms with van der Waals surface area (Å²) in [6, 6.07) is 7.59. The second-order valence-corrected chi connectivity index (χ2v) is 19.3. The van der Waals surface area contributed by atoms with Gasteiger partial charge in [0.05, 0.1) is 17.1 Å². The molecule has 6 aliphatic rings. The maximum Gasteiger partial charge on any atom is 0.335 e. The third kappa shape index (κ3) is 5.17. The zero-order valence-corrected chi connectivity index (χ0v) is 28.9. The van der Waals surface area contributed by atoms with Crippen molar-refractivity contribution in [2.45, 2.75) is 97.4 Å². The van der Waals surface area contributed by atoms with Gasteiger partial charge in [0, 0.05) is 31.7 Å². The zero-order chi connectivity index (χ0) is 31.8. The SMILES string of the molecule is CC1(C)C(c2ccc(C(=O)O)cc2)=CCC2(C)C1CCC1(C)C3CCC4(NCCN5CCS(=O)(=O)CC5)CCCC4C3CCC12. The van der Waals surface area contributed by atoms with E-state index < -0.39 is 15.8 Å². The summed E-state index contributed by atoms with van der Waals surface area (Å²) >= 11 is 0. The second-order valence-electron chi connectivity index (χ2n) is 17.0. The Kier molecular flexibility index (Phi) is 7.93. The lowest BCUT2D eigenvalue weighted by Crippen LogP contribution is -2.63. The number of aromatic carboxylic acids is 1.